The number of hydrogen-bond acceptors (Lipinski definition) is 3. The van der Waals surface area contributed by atoms with E-state index in [1.165, 1.54) is 0 Å². The minimum Gasteiger partial charge on any atom is -0.309 e. The zero-order valence-corrected chi connectivity index (χ0v) is 37.4. The molecule has 4 aromatic heterocycles. The number of benzene rings is 10. The van der Waals surface area contributed by atoms with Crippen molar-refractivity contribution < 1.29 is 27.4 Å². The van der Waals surface area contributed by atoms with Gasteiger partial charge in [-0.1, -0.05) is 206 Å². The van der Waals surface area contributed by atoms with Crippen LogP contribution in [-0.4, -0.2) is 36.7 Å². The maximum absolute atomic E-state index is 9.94. The third kappa shape index (κ3) is 5.95. The van der Waals surface area contributed by atoms with Crippen molar-refractivity contribution in [2.45, 2.75) is 0 Å². The number of rotatable bonds is 8. The first-order valence-electron chi connectivity index (χ1n) is 32.2. The second-order valence-electron chi connectivity index (χ2n) is 16.5. The van der Waals surface area contributed by atoms with Gasteiger partial charge >= 0.3 is 0 Å². The van der Waals surface area contributed by atoms with E-state index in [2.05, 4.69) is 42.5 Å². The van der Waals surface area contributed by atoms with Crippen LogP contribution in [0.25, 0.3) is 94.4 Å². The lowest BCUT2D eigenvalue weighted by Crippen LogP contribution is -2.74. The molecule has 0 bridgehead atoms. The standard InChI is InChI=1S/C63H42N6Si/c1-4-22-43(23-5-1)70(44-24-6-2-7-25-44,45-26-8-3-9-27-45)46-40-41-52-51-32-14-20-38-58(51)69(60(52)42-46)63-65-61(64-62(66-63)68-56-36-18-12-30-49(56)50-31-13-19-37-57(50)68)53-33-15-21-39-59(53)67-54-34-16-10-28-47(54)48-29-11-17-35-55(48)67/h1-42H/i10D,11D,12D,13D,15D,16D,17D,18D,19D,21D,28D,29D,30D,31D,33D,34D,35D,36D,37D,39D. The highest BCUT2D eigenvalue weighted by Gasteiger charge is 2.41. The fourth-order valence-electron chi connectivity index (χ4n) is 10.1. The van der Waals surface area contributed by atoms with Gasteiger partial charge in [0.15, 0.2) is 13.9 Å². The average Bonchev–Trinajstić information content (AvgIpc) is 1.52. The highest BCUT2D eigenvalue weighted by atomic mass is 28.3. The molecule has 4 heterocycles. The second kappa shape index (κ2) is 16.0. The molecular weight excluding hydrogens is 869 g/mol. The molecule has 14 aromatic rings. The maximum Gasteiger partial charge on any atom is 0.240 e. The first kappa shape index (κ1) is 24.7. The Balaban J connectivity index is 1.21. The van der Waals surface area contributed by atoms with E-state index in [0.29, 0.717) is 21.8 Å². The van der Waals surface area contributed by atoms with Gasteiger partial charge in [-0.2, -0.15) is 15.0 Å². The van der Waals surface area contributed by atoms with Gasteiger partial charge in [-0.25, -0.2) is 0 Å². The lowest BCUT2D eigenvalue weighted by atomic mass is 10.1. The third-order valence-electron chi connectivity index (χ3n) is 12.9. The summed E-state index contributed by atoms with van der Waals surface area (Å²) in [6, 6.07) is 28.2. The van der Waals surface area contributed by atoms with Gasteiger partial charge in [-0.15, -0.1) is 0 Å². The minimum atomic E-state index is -3.36. The van der Waals surface area contributed by atoms with Gasteiger partial charge in [0, 0.05) is 37.9 Å². The molecule has 14 rings (SSSR count). The van der Waals surface area contributed by atoms with Gasteiger partial charge in [-0.3, -0.25) is 9.13 Å². The number of nitrogens with zero attached hydrogens (tertiary/aromatic N) is 6. The summed E-state index contributed by atoms with van der Waals surface area (Å²) in [4.78, 5) is 15.2. The smallest absolute Gasteiger partial charge is 0.240 e. The van der Waals surface area contributed by atoms with Crippen molar-refractivity contribution in [3.05, 3.63) is 254 Å². The van der Waals surface area contributed by atoms with Gasteiger partial charge in [0.2, 0.25) is 11.9 Å². The summed E-state index contributed by atoms with van der Waals surface area (Å²) in [6.45, 7) is 0. The van der Waals surface area contributed by atoms with Crippen LogP contribution < -0.4 is 20.7 Å². The van der Waals surface area contributed by atoms with Crippen LogP contribution in [0.15, 0.2) is 254 Å². The number of aromatic nitrogens is 6. The quantitative estimate of drug-likeness (QED) is 0.113. The molecular formula is C63H42N6Si. The molecule has 0 saturated heterocycles. The summed E-state index contributed by atoms with van der Waals surface area (Å²) in [5.41, 5.74) is -2.17. The molecule has 0 aliphatic carbocycles. The molecule has 0 spiro atoms. The van der Waals surface area contributed by atoms with Gasteiger partial charge < -0.3 is 4.57 Å². The predicted octanol–water partition coefficient (Wildman–Crippen LogP) is 12.2. The van der Waals surface area contributed by atoms with Crippen molar-refractivity contribution in [1.82, 2.24) is 28.7 Å². The summed E-state index contributed by atoms with van der Waals surface area (Å²) >= 11 is 0. The van der Waals surface area contributed by atoms with E-state index >= 15 is 0 Å². The van der Waals surface area contributed by atoms with E-state index in [9.17, 15) is 16.4 Å². The normalized spacial score (nSPS) is 16.0. The largest absolute Gasteiger partial charge is 0.309 e. The van der Waals surface area contributed by atoms with Gasteiger partial charge in [0.25, 0.3) is 0 Å². The zero-order chi connectivity index (χ0) is 63.6. The Hall–Kier alpha value is -9.17. The van der Waals surface area contributed by atoms with Crippen molar-refractivity contribution in [2.75, 3.05) is 0 Å². The Bertz CT molecular complexity index is 5250. The number of fused-ring (bicyclic) bond motifs is 9. The summed E-state index contributed by atoms with van der Waals surface area (Å²) in [5.74, 6) is -1.56. The van der Waals surface area contributed by atoms with Crippen LogP contribution in [0.5, 0.6) is 0 Å². The molecule has 70 heavy (non-hydrogen) atoms. The summed E-state index contributed by atoms with van der Waals surface area (Å²) in [6.07, 6.45) is 0. The molecule has 0 atom stereocenters. The maximum atomic E-state index is 9.94. The van der Waals surface area contributed by atoms with Crippen LogP contribution in [0.2, 0.25) is 0 Å². The highest BCUT2D eigenvalue weighted by molar-refractivity contribution is 7.20. The zero-order valence-electron chi connectivity index (χ0n) is 56.4. The Morgan fingerprint density at radius 2 is 0.729 bits per heavy atom. The highest BCUT2D eigenvalue weighted by Crippen LogP contribution is 2.38. The van der Waals surface area contributed by atoms with Crippen molar-refractivity contribution in [3.63, 3.8) is 0 Å². The fraction of sp³-hybridized carbons (Fsp3) is 0. The lowest BCUT2D eigenvalue weighted by molar-refractivity contribution is 0.892. The van der Waals surface area contributed by atoms with Crippen LogP contribution in [0, 0.1) is 0 Å². The molecule has 10 aromatic carbocycles. The Morgan fingerprint density at radius 3 is 1.26 bits per heavy atom. The molecule has 0 fully saturated rings. The SMILES string of the molecule is [2H]c1c([2H])c([2H])c(-n2c3c([2H])c([2H])c([2H])c([2H])c3c3c([2H])c([2H])c([2H])c([2H])c32)c(-c2nc(-n3c4ccccc4c4ccc([Si](c5ccccc5)(c5ccccc5)c5ccccc5)cc43)nc(-n3c4c([2H])c([2H])c([2H])c([2H])c4c4c([2H])c([2H])c([2H])c([2H])c43)n2)c1[2H]. The van der Waals surface area contributed by atoms with E-state index in [1.807, 2.05) is 78.9 Å². The molecule has 328 valence electrons. The van der Waals surface area contributed by atoms with E-state index in [-0.39, 0.29) is 16.7 Å². The summed E-state index contributed by atoms with van der Waals surface area (Å²) in [7, 11) is -3.36. The van der Waals surface area contributed by atoms with Crippen LogP contribution in [-0.2, 0) is 0 Å². The topological polar surface area (TPSA) is 53.5 Å². The number of hydrogen-bond donors (Lipinski definition) is 0. The third-order valence-corrected chi connectivity index (χ3v) is 17.7. The molecule has 0 amide bonds. The molecule has 0 saturated carbocycles. The van der Waals surface area contributed by atoms with Crippen LogP contribution in [0.3, 0.4) is 0 Å². The Morgan fingerprint density at radius 1 is 0.314 bits per heavy atom. The second-order valence-corrected chi connectivity index (χ2v) is 20.3. The summed E-state index contributed by atoms with van der Waals surface area (Å²) in [5, 5.41) is 3.81. The molecule has 0 unspecified atom stereocenters. The molecule has 6 nitrogen and oxygen atoms in total. The van der Waals surface area contributed by atoms with Crippen molar-refractivity contribution >= 4 is 94.2 Å². The molecule has 0 N–H and O–H groups in total. The molecule has 0 radical (unpaired) electrons. The Kier molecular flexibility index (Phi) is 5.65. The van der Waals surface area contributed by atoms with E-state index in [0.717, 1.165) is 29.9 Å². The van der Waals surface area contributed by atoms with Gasteiger partial charge in [0.1, 0.15) is 0 Å². The molecule has 7 heteroatoms. The van der Waals surface area contributed by atoms with E-state index in [4.69, 9.17) is 25.9 Å². The van der Waals surface area contributed by atoms with Gasteiger partial charge in [0.05, 0.1) is 66.2 Å². The molecule has 0 aliphatic heterocycles. The Labute approximate surface area is 432 Å². The fourth-order valence-corrected chi connectivity index (χ4v) is 14.8. The van der Waals surface area contributed by atoms with Crippen molar-refractivity contribution in [2.24, 2.45) is 0 Å². The first-order valence-corrected chi connectivity index (χ1v) is 24.2. The van der Waals surface area contributed by atoms with Crippen molar-refractivity contribution in [3.8, 4) is 29.0 Å². The van der Waals surface area contributed by atoms with Crippen LogP contribution >= 0.6 is 0 Å². The first-order chi connectivity index (χ1) is 43.1. The average molecular weight is 931 g/mol. The van der Waals surface area contributed by atoms with E-state index in [1.54, 1.807) is 16.7 Å². The van der Waals surface area contributed by atoms with Crippen molar-refractivity contribution in [1.29, 1.82) is 0 Å². The van der Waals surface area contributed by atoms with Crippen LogP contribution in [0.4, 0.5) is 0 Å². The lowest BCUT2D eigenvalue weighted by Gasteiger charge is -2.34. The van der Waals surface area contributed by atoms with E-state index < -0.39 is 185 Å². The van der Waals surface area contributed by atoms with Gasteiger partial charge in [-0.05, 0) is 69.1 Å². The minimum absolute atomic E-state index is 0.314. The van der Waals surface area contributed by atoms with Crippen LogP contribution in [0.1, 0.15) is 27.4 Å². The molecule has 0 aliphatic rings. The number of para-hydroxylation sites is 6. The predicted molar refractivity (Wildman–Crippen MR) is 292 cm³/mol. The summed E-state index contributed by atoms with van der Waals surface area (Å²) < 4.78 is 188. The monoisotopic (exact) mass is 930 g/mol.